The molecule has 2 amide bonds. The number of rotatable bonds is 2. The lowest BCUT2D eigenvalue weighted by atomic mass is 9.72. The number of aliphatic hydroxyl groups is 1. The van der Waals surface area contributed by atoms with Crippen LogP contribution in [0.5, 0.6) is 0 Å². The fourth-order valence-corrected chi connectivity index (χ4v) is 5.57. The normalized spacial score (nSPS) is 25.8. The molecule has 2 aromatic carbocycles. The number of carbonyl (C=O) groups is 2. The number of hydrogen-bond donors (Lipinski definition) is 2. The van der Waals surface area contributed by atoms with Crippen molar-refractivity contribution in [3.05, 3.63) is 71.3 Å². The van der Waals surface area contributed by atoms with Crippen LogP contribution in [-0.4, -0.2) is 65.5 Å². The third-order valence-corrected chi connectivity index (χ3v) is 7.11. The number of piperidine rings is 1. The number of likely N-dealkylation sites (tertiary alicyclic amines) is 1. The van der Waals surface area contributed by atoms with E-state index in [0.29, 0.717) is 31.7 Å². The molecule has 0 bridgehead atoms. The van der Waals surface area contributed by atoms with Gasteiger partial charge in [-0.25, -0.2) is 0 Å². The van der Waals surface area contributed by atoms with Crippen LogP contribution in [0.4, 0.5) is 0 Å². The van der Waals surface area contributed by atoms with Crippen LogP contribution < -0.4 is 5.32 Å². The number of aliphatic hydroxyl groups excluding tert-OH is 1. The second kappa shape index (κ2) is 7.52. The largest absolute Gasteiger partial charge is 0.390 e. The van der Waals surface area contributed by atoms with E-state index in [2.05, 4.69) is 22.3 Å². The van der Waals surface area contributed by atoms with E-state index in [4.69, 9.17) is 0 Å². The summed E-state index contributed by atoms with van der Waals surface area (Å²) in [5.41, 5.74) is 2.64. The number of nitrogens with zero attached hydrogens (tertiary/aromatic N) is 2. The molecule has 2 aliphatic heterocycles. The summed E-state index contributed by atoms with van der Waals surface area (Å²) in [6.07, 6.45) is 0.857. The highest BCUT2D eigenvalue weighted by Gasteiger charge is 2.54. The zero-order chi connectivity index (χ0) is 20.7. The van der Waals surface area contributed by atoms with Gasteiger partial charge in [0.2, 0.25) is 5.91 Å². The van der Waals surface area contributed by atoms with Crippen LogP contribution in [0.2, 0.25) is 0 Å². The van der Waals surface area contributed by atoms with Crippen molar-refractivity contribution in [1.29, 1.82) is 0 Å². The van der Waals surface area contributed by atoms with Crippen LogP contribution in [0.3, 0.4) is 0 Å². The molecule has 6 heteroatoms. The van der Waals surface area contributed by atoms with Gasteiger partial charge >= 0.3 is 0 Å². The zero-order valence-electron chi connectivity index (χ0n) is 17.0. The second-order valence-electron chi connectivity index (χ2n) is 8.61. The molecule has 2 heterocycles. The average molecular weight is 405 g/mol. The first-order valence-corrected chi connectivity index (χ1v) is 10.7. The lowest BCUT2D eigenvalue weighted by Gasteiger charge is -2.44. The first-order chi connectivity index (χ1) is 14.6. The van der Waals surface area contributed by atoms with Crippen molar-refractivity contribution in [3.63, 3.8) is 0 Å². The Morgan fingerprint density at radius 3 is 2.43 bits per heavy atom. The molecule has 2 saturated heterocycles. The molecular weight excluding hydrogens is 378 g/mol. The van der Waals surface area contributed by atoms with Gasteiger partial charge in [-0.2, -0.15) is 0 Å². The molecule has 6 nitrogen and oxygen atoms in total. The van der Waals surface area contributed by atoms with Crippen molar-refractivity contribution in [1.82, 2.24) is 15.1 Å². The molecule has 156 valence electrons. The molecule has 1 aliphatic carbocycles. The summed E-state index contributed by atoms with van der Waals surface area (Å²) in [6, 6.07) is 17.5. The molecule has 2 aromatic rings. The van der Waals surface area contributed by atoms with E-state index < -0.39 is 6.10 Å². The second-order valence-corrected chi connectivity index (χ2v) is 8.61. The van der Waals surface area contributed by atoms with E-state index in [1.165, 1.54) is 5.56 Å². The minimum atomic E-state index is -0.588. The topological polar surface area (TPSA) is 72.9 Å². The third kappa shape index (κ3) is 3.02. The first-order valence-electron chi connectivity index (χ1n) is 10.7. The maximum absolute atomic E-state index is 12.9. The minimum Gasteiger partial charge on any atom is -0.390 e. The molecule has 0 unspecified atom stereocenters. The van der Waals surface area contributed by atoms with Crippen LogP contribution in [-0.2, 0) is 10.2 Å². The Bertz CT molecular complexity index is 953. The van der Waals surface area contributed by atoms with Crippen LogP contribution in [0.15, 0.2) is 54.6 Å². The molecule has 2 N–H and O–H groups in total. The zero-order valence-corrected chi connectivity index (χ0v) is 17.0. The number of carbonyl (C=O) groups excluding carboxylic acids is 2. The van der Waals surface area contributed by atoms with Gasteiger partial charge < -0.3 is 15.3 Å². The molecule has 2 fully saturated rings. The van der Waals surface area contributed by atoms with Gasteiger partial charge in [0.1, 0.15) is 0 Å². The van der Waals surface area contributed by atoms with Gasteiger partial charge in [0.25, 0.3) is 5.91 Å². The van der Waals surface area contributed by atoms with Gasteiger partial charge in [-0.05, 0) is 36.1 Å². The molecule has 3 aliphatic rings. The Labute approximate surface area is 176 Å². The van der Waals surface area contributed by atoms with E-state index in [-0.39, 0.29) is 23.3 Å². The van der Waals surface area contributed by atoms with E-state index in [9.17, 15) is 14.7 Å². The predicted molar refractivity (Wildman–Crippen MR) is 113 cm³/mol. The van der Waals surface area contributed by atoms with Gasteiger partial charge in [0.05, 0.1) is 18.7 Å². The van der Waals surface area contributed by atoms with Gasteiger partial charge in [0, 0.05) is 37.2 Å². The van der Waals surface area contributed by atoms with Crippen molar-refractivity contribution in [2.75, 3.05) is 32.7 Å². The highest BCUT2D eigenvalue weighted by molar-refractivity contribution is 5.94. The summed E-state index contributed by atoms with van der Waals surface area (Å²) in [5.74, 6) is 0.0608. The Morgan fingerprint density at radius 2 is 1.70 bits per heavy atom. The molecular formula is C24H27N3O3. The molecule has 30 heavy (non-hydrogen) atoms. The van der Waals surface area contributed by atoms with Crippen LogP contribution in [0, 0.1) is 0 Å². The fourth-order valence-electron chi connectivity index (χ4n) is 5.57. The number of nitrogens with one attached hydrogen (secondary N) is 1. The highest BCUT2D eigenvalue weighted by atomic mass is 16.3. The lowest BCUT2D eigenvalue weighted by molar-refractivity contribution is -0.126. The van der Waals surface area contributed by atoms with Gasteiger partial charge in [-0.3, -0.25) is 14.5 Å². The number of fused-ring (bicyclic) bond motifs is 2. The predicted octanol–water partition coefficient (Wildman–Crippen LogP) is 1.71. The summed E-state index contributed by atoms with van der Waals surface area (Å²) in [6.45, 7) is 2.89. The Balaban J connectivity index is 1.41. The molecule has 5 rings (SSSR count). The highest BCUT2D eigenvalue weighted by Crippen LogP contribution is 2.52. The summed E-state index contributed by atoms with van der Waals surface area (Å²) in [5, 5.41) is 14.5. The monoisotopic (exact) mass is 405 g/mol. The number of benzene rings is 2. The summed E-state index contributed by atoms with van der Waals surface area (Å²) >= 11 is 0. The van der Waals surface area contributed by atoms with Crippen LogP contribution in [0.25, 0.3) is 0 Å². The molecule has 0 aromatic heterocycles. The number of piperazine rings is 1. The van der Waals surface area contributed by atoms with Crippen molar-refractivity contribution in [2.24, 2.45) is 0 Å². The molecule has 0 radical (unpaired) electrons. The third-order valence-electron chi connectivity index (χ3n) is 7.11. The summed E-state index contributed by atoms with van der Waals surface area (Å²) in [4.78, 5) is 28.9. The minimum absolute atomic E-state index is 0.00941. The van der Waals surface area contributed by atoms with Crippen molar-refractivity contribution < 1.29 is 14.7 Å². The van der Waals surface area contributed by atoms with E-state index in [0.717, 1.165) is 24.9 Å². The smallest absolute Gasteiger partial charge is 0.253 e. The van der Waals surface area contributed by atoms with E-state index in [1.54, 1.807) is 0 Å². The number of hydrogen-bond acceptors (Lipinski definition) is 4. The fraction of sp³-hybridized carbons (Fsp3) is 0.417. The van der Waals surface area contributed by atoms with E-state index >= 15 is 0 Å². The lowest BCUT2D eigenvalue weighted by Crippen LogP contribution is -2.54. The van der Waals surface area contributed by atoms with Crippen molar-refractivity contribution >= 4 is 11.8 Å². The average Bonchev–Trinajstić information content (AvgIpc) is 3.02. The quantitative estimate of drug-likeness (QED) is 0.798. The maximum atomic E-state index is 12.9. The summed E-state index contributed by atoms with van der Waals surface area (Å²) in [7, 11) is 0. The standard InChI is InChI=1S/C24H27N3O3/c28-20-16-27(15-12-25-20)21-18-8-4-5-9-19(18)24(22(21)29)10-13-26(14-11-24)23(30)17-6-2-1-3-7-17/h1-9,21-22,29H,10-16H2,(H,25,28)/t21-,22+/m0/s1. The van der Waals surface area contributed by atoms with E-state index in [1.807, 2.05) is 47.4 Å². The molecule has 1 spiro atoms. The van der Waals surface area contributed by atoms with Crippen LogP contribution >= 0.6 is 0 Å². The van der Waals surface area contributed by atoms with Gasteiger partial charge in [-0.15, -0.1) is 0 Å². The van der Waals surface area contributed by atoms with Crippen molar-refractivity contribution in [3.8, 4) is 0 Å². The Kier molecular flexibility index (Phi) is 4.83. The molecule has 2 atom stereocenters. The Hall–Kier alpha value is -2.70. The van der Waals surface area contributed by atoms with Gasteiger partial charge in [0.15, 0.2) is 0 Å². The summed E-state index contributed by atoms with van der Waals surface area (Å²) < 4.78 is 0. The first kappa shape index (κ1) is 19.3. The van der Waals surface area contributed by atoms with Crippen molar-refractivity contribution in [2.45, 2.75) is 30.4 Å². The number of amides is 2. The molecule has 0 saturated carbocycles. The maximum Gasteiger partial charge on any atom is 0.253 e. The SMILES string of the molecule is O=C1CN([C@H]2c3ccccc3C3(CCN(C(=O)c4ccccc4)CC3)[C@@H]2O)CCN1. The van der Waals surface area contributed by atoms with Crippen LogP contribution in [0.1, 0.15) is 40.4 Å². The van der Waals surface area contributed by atoms with Gasteiger partial charge in [-0.1, -0.05) is 42.5 Å². The Morgan fingerprint density at radius 1 is 1.00 bits per heavy atom.